The van der Waals surface area contributed by atoms with Crippen LogP contribution in [0.25, 0.3) is 0 Å². The van der Waals surface area contributed by atoms with Gasteiger partial charge < -0.3 is 15.2 Å². The van der Waals surface area contributed by atoms with Gasteiger partial charge in [0.15, 0.2) is 0 Å². The van der Waals surface area contributed by atoms with Crippen molar-refractivity contribution in [1.82, 2.24) is 10.2 Å². The average molecular weight is 282 g/mol. The number of carbonyl (C=O) groups excluding carboxylic acids is 1. The molecule has 110 valence electrons. The molecular formula is C14H19FN2O3. The molecule has 20 heavy (non-hydrogen) atoms. The van der Waals surface area contributed by atoms with Gasteiger partial charge in [0.05, 0.1) is 32.4 Å². The van der Waals surface area contributed by atoms with Crippen LogP contribution >= 0.6 is 0 Å². The van der Waals surface area contributed by atoms with E-state index in [1.165, 1.54) is 12.1 Å². The summed E-state index contributed by atoms with van der Waals surface area (Å²) in [7, 11) is 0. The molecule has 1 saturated heterocycles. The molecule has 0 aliphatic carbocycles. The van der Waals surface area contributed by atoms with Crippen molar-refractivity contribution in [3.8, 4) is 0 Å². The summed E-state index contributed by atoms with van der Waals surface area (Å²) >= 11 is 0. The van der Waals surface area contributed by atoms with Crippen LogP contribution in [0.2, 0.25) is 0 Å². The predicted octanol–water partition coefficient (Wildman–Crippen LogP) is 0.135. The van der Waals surface area contributed by atoms with Crippen LogP contribution in [0.3, 0.4) is 0 Å². The normalized spacial score (nSPS) is 19.8. The topological polar surface area (TPSA) is 61.8 Å². The smallest absolute Gasteiger partial charge is 0.234 e. The highest BCUT2D eigenvalue weighted by molar-refractivity contribution is 5.78. The van der Waals surface area contributed by atoms with Gasteiger partial charge in [0.2, 0.25) is 5.91 Å². The summed E-state index contributed by atoms with van der Waals surface area (Å²) in [5.74, 6) is -0.408. The van der Waals surface area contributed by atoms with Gasteiger partial charge >= 0.3 is 0 Å². The molecule has 0 saturated carbocycles. The Labute approximate surface area is 117 Å². The van der Waals surface area contributed by atoms with E-state index in [4.69, 9.17) is 4.74 Å². The number of nitrogens with zero attached hydrogens (tertiary/aromatic N) is 1. The zero-order chi connectivity index (χ0) is 14.4. The number of amides is 1. The highest BCUT2D eigenvalue weighted by Crippen LogP contribution is 2.06. The summed E-state index contributed by atoms with van der Waals surface area (Å²) in [4.78, 5) is 13.8. The second kappa shape index (κ2) is 7.33. The number of rotatable bonds is 5. The Morgan fingerprint density at radius 2 is 2.20 bits per heavy atom. The van der Waals surface area contributed by atoms with Crippen LogP contribution < -0.4 is 5.32 Å². The van der Waals surface area contributed by atoms with Crippen LogP contribution in [0.5, 0.6) is 0 Å². The molecule has 6 heteroatoms. The molecule has 1 heterocycles. The number of aliphatic hydroxyl groups is 1. The van der Waals surface area contributed by atoms with Gasteiger partial charge in [0, 0.05) is 13.1 Å². The standard InChI is InChI=1S/C14H19FN2O3/c15-12-3-1-11(2-4-12)7-16-14(19)8-17-5-6-20-10-13(17)9-18/h1-4,13,18H,5-10H2,(H,16,19). The number of nitrogens with one attached hydrogen (secondary N) is 1. The first kappa shape index (κ1) is 14.9. The minimum Gasteiger partial charge on any atom is -0.395 e. The quantitative estimate of drug-likeness (QED) is 0.806. The molecular weight excluding hydrogens is 263 g/mol. The molecule has 1 atom stereocenters. The summed E-state index contributed by atoms with van der Waals surface area (Å²) in [5.41, 5.74) is 0.848. The molecule has 0 aromatic heterocycles. The maximum Gasteiger partial charge on any atom is 0.234 e. The third-order valence-electron chi connectivity index (χ3n) is 3.31. The highest BCUT2D eigenvalue weighted by atomic mass is 19.1. The molecule has 0 spiro atoms. The number of morpholine rings is 1. The first-order valence-corrected chi connectivity index (χ1v) is 6.63. The Kier molecular flexibility index (Phi) is 5.46. The lowest BCUT2D eigenvalue weighted by Crippen LogP contribution is -2.51. The average Bonchev–Trinajstić information content (AvgIpc) is 2.47. The van der Waals surface area contributed by atoms with Gasteiger partial charge in [0.25, 0.3) is 0 Å². The van der Waals surface area contributed by atoms with E-state index >= 15 is 0 Å². The third-order valence-corrected chi connectivity index (χ3v) is 3.31. The molecule has 5 nitrogen and oxygen atoms in total. The van der Waals surface area contributed by atoms with Crippen LogP contribution in [-0.4, -0.2) is 54.9 Å². The van der Waals surface area contributed by atoms with Crippen molar-refractivity contribution < 1.29 is 19.0 Å². The van der Waals surface area contributed by atoms with E-state index in [9.17, 15) is 14.3 Å². The maximum absolute atomic E-state index is 12.7. The molecule has 1 aliphatic heterocycles. The molecule has 1 amide bonds. The van der Waals surface area contributed by atoms with E-state index < -0.39 is 0 Å². The van der Waals surface area contributed by atoms with E-state index in [-0.39, 0.29) is 30.9 Å². The van der Waals surface area contributed by atoms with Crippen LogP contribution in [0.15, 0.2) is 24.3 Å². The zero-order valence-corrected chi connectivity index (χ0v) is 11.2. The highest BCUT2D eigenvalue weighted by Gasteiger charge is 2.23. The number of hydrogen-bond acceptors (Lipinski definition) is 4. The number of ether oxygens (including phenoxy) is 1. The monoisotopic (exact) mass is 282 g/mol. The zero-order valence-electron chi connectivity index (χ0n) is 11.2. The molecule has 1 fully saturated rings. The summed E-state index contributed by atoms with van der Waals surface area (Å²) in [6.45, 7) is 2.23. The summed E-state index contributed by atoms with van der Waals surface area (Å²) in [6, 6.07) is 5.89. The molecule has 0 radical (unpaired) electrons. The number of carbonyl (C=O) groups is 1. The fourth-order valence-electron chi connectivity index (χ4n) is 2.11. The molecule has 1 aromatic carbocycles. The van der Waals surface area contributed by atoms with Gasteiger partial charge in [-0.1, -0.05) is 12.1 Å². The minimum atomic E-state index is -0.292. The Hall–Kier alpha value is -1.50. The molecule has 1 aromatic rings. The Morgan fingerprint density at radius 1 is 1.45 bits per heavy atom. The number of aliphatic hydroxyl groups excluding tert-OH is 1. The van der Waals surface area contributed by atoms with Gasteiger partial charge in [-0.2, -0.15) is 0 Å². The lowest BCUT2D eigenvalue weighted by molar-refractivity contribution is -0.125. The SMILES string of the molecule is O=C(CN1CCOCC1CO)NCc1ccc(F)cc1. The fraction of sp³-hybridized carbons (Fsp3) is 0.500. The van der Waals surface area contributed by atoms with Crippen molar-refractivity contribution in [3.63, 3.8) is 0 Å². The second-order valence-electron chi connectivity index (χ2n) is 4.78. The van der Waals surface area contributed by atoms with Crippen LogP contribution in [0.4, 0.5) is 4.39 Å². The maximum atomic E-state index is 12.7. The molecule has 2 N–H and O–H groups in total. The van der Waals surface area contributed by atoms with Crippen molar-refractivity contribution in [2.24, 2.45) is 0 Å². The van der Waals surface area contributed by atoms with Crippen LogP contribution in [0, 0.1) is 5.82 Å². The van der Waals surface area contributed by atoms with Crippen molar-refractivity contribution >= 4 is 5.91 Å². The van der Waals surface area contributed by atoms with Crippen LogP contribution in [0.1, 0.15) is 5.56 Å². The van der Waals surface area contributed by atoms with E-state index in [1.807, 2.05) is 4.90 Å². The van der Waals surface area contributed by atoms with Crippen molar-refractivity contribution in [2.75, 3.05) is 32.9 Å². The van der Waals surface area contributed by atoms with Gasteiger partial charge in [-0.05, 0) is 17.7 Å². The lowest BCUT2D eigenvalue weighted by atomic mass is 10.2. The Morgan fingerprint density at radius 3 is 2.90 bits per heavy atom. The first-order valence-electron chi connectivity index (χ1n) is 6.63. The number of benzene rings is 1. The molecule has 0 bridgehead atoms. The Bertz CT molecular complexity index is 439. The predicted molar refractivity (Wildman–Crippen MR) is 71.5 cm³/mol. The van der Waals surface area contributed by atoms with E-state index in [0.717, 1.165) is 5.56 Å². The largest absolute Gasteiger partial charge is 0.395 e. The van der Waals surface area contributed by atoms with Crippen molar-refractivity contribution in [2.45, 2.75) is 12.6 Å². The molecule has 1 unspecified atom stereocenters. The minimum absolute atomic E-state index is 0.0226. The lowest BCUT2D eigenvalue weighted by Gasteiger charge is -2.33. The summed E-state index contributed by atoms with van der Waals surface area (Å²) in [5, 5.41) is 12.0. The van der Waals surface area contributed by atoms with Crippen LogP contribution in [-0.2, 0) is 16.1 Å². The van der Waals surface area contributed by atoms with E-state index in [0.29, 0.717) is 26.3 Å². The van der Waals surface area contributed by atoms with Gasteiger partial charge in [0.1, 0.15) is 5.82 Å². The van der Waals surface area contributed by atoms with Gasteiger partial charge in [-0.3, -0.25) is 9.69 Å². The van der Waals surface area contributed by atoms with Crippen molar-refractivity contribution in [3.05, 3.63) is 35.6 Å². The van der Waals surface area contributed by atoms with Crippen molar-refractivity contribution in [1.29, 1.82) is 0 Å². The summed E-state index contributed by atoms with van der Waals surface area (Å²) < 4.78 is 18.0. The third kappa shape index (κ3) is 4.26. The first-order chi connectivity index (χ1) is 9.69. The van der Waals surface area contributed by atoms with E-state index in [2.05, 4.69) is 5.32 Å². The second-order valence-corrected chi connectivity index (χ2v) is 4.78. The van der Waals surface area contributed by atoms with E-state index in [1.54, 1.807) is 12.1 Å². The fourth-order valence-corrected chi connectivity index (χ4v) is 2.11. The number of hydrogen-bond donors (Lipinski definition) is 2. The van der Waals surface area contributed by atoms with Gasteiger partial charge in [-0.25, -0.2) is 4.39 Å². The number of halogens is 1. The molecule has 2 rings (SSSR count). The molecule has 1 aliphatic rings. The summed E-state index contributed by atoms with van der Waals surface area (Å²) in [6.07, 6.45) is 0. The van der Waals surface area contributed by atoms with Gasteiger partial charge in [-0.15, -0.1) is 0 Å². The Balaban J connectivity index is 1.78.